The summed E-state index contributed by atoms with van der Waals surface area (Å²) in [4.78, 5) is 0. The van der Waals surface area contributed by atoms with Gasteiger partial charge in [0.15, 0.2) is 0 Å². The SMILES string of the molecule is BC(B)CC1CCCC(C(C)C)C1C(C)C. The van der Waals surface area contributed by atoms with Crippen molar-refractivity contribution in [3.8, 4) is 0 Å². The van der Waals surface area contributed by atoms with Gasteiger partial charge in [0.1, 0.15) is 0 Å². The van der Waals surface area contributed by atoms with E-state index in [9.17, 15) is 0 Å². The normalized spacial score (nSPS) is 31.6. The van der Waals surface area contributed by atoms with Gasteiger partial charge in [-0.25, -0.2) is 0 Å². The van der Waals surface area contributed by atoms with Gasteiger partial charge in [-0.3, -0.25) is 0 Å². The van der Waals surface area contributed by atoms with E-state index in [4.69, 9.17) is 0 Å². The van der Waals surface area contributed by atoms with Crippen molar-refractivity contribution >= 4 is 15.7 Å². The van der Waals surface area contributed by atoms with Crippen molar-refractivity contribution in [3.63, 3.8) is 0 Å². The fraction of sp³-hybridized carbons (Fsp3) is 1.00. The molecule has 0 saturated heterocycles. The molecule has 3 atom stereocenters. The molecule has 0 amide bonds. The van der Waals surface area contributed by atoms with Gasteiger partial charge in [0, 0.05) is 0 Å². The third-order valence-corrected chi connectivity index (χ3v) is 4.55. The molecule has 0 aromatic carbocycles. The highest BCUT2D eigenvalue weighted by atomic mass is 14.4. The van der Waals surface area contributed by atoms with Gasteiger partial charge in [-0.05, 0) is 36.0 Å². The van der Waals surface area contributed by atoms with Gasteiger partial charge in [0.05, 0.1) is 15.7 Å². The van der Waals surface area contributed by atoms with E-state index in [0.29, 0.717) is 0 Å². The Bertz CT molecular complexity index is 199. The van der Waals surface area contributed by atoms with E-state index in [-0.39, 0.29) is 0 Å². The number of hydrogen-bond acceptors (Lipinski definition) is 0. The monoisotopic (exact) mass is 220 g/mol. The summed E-state index contributed by atoms with van der Waals surface area (Å²) in [5.74, 6) is 4.72. The fourth-order valence-corrected chi connectivity index (χ4v) is 4.05. The Morgan fingerprint density at radius 3 is 2.06 bits per heavy atom. The molecule has 2 heteroatoms. The molecule has 92 valence electrons. The van der Waals surface area contributed by atoms with Crippen LogP contribution in [0.25, 0.3) is 0 Å². The summed E-state index contributed by atoms with van der Waals surface area (Å²) in [6.45, 7) is 9.74. The lowest BCUT2D eigenvalue weighted by atomic mass is 9.57. The molecule has 0 heterocycles. The van der Waals surface area contributed by atoms with Gasteiger partial charge < -0.3 is 0 Å². The van der Waals surface area contributed by atoms with Gasteiger partial charge in [-0.1, -0.05) is 52.7 Å². The second-order valence-electron chi connectivity index (χ2n) is 7.05. The Labute approximate surface area is 105 Å². The second-order valence-corrected chi connectivity index (χ2v) is 7.05. The molecule has 1 fully saturated rings. The Morgan fingerprint density at radius 1 is 1.00 bits per heavy atom. The van der Waals surface area contributed by atoms with Crippen molar-refractivity contribution < 1.29 is 0 Å². The molecule has 0 nitrogen and oxygen atoms in total. The Hall–Kier alpha value is 0.130. The molecular weight excluding hydrogens is 190 g/mol. The van der Waals surface area contributed by atoms with Gasteiger partial charge >= 0.3 is 0 Å². The van der Waals surface area contributed by atoms with Crippen LogP contribution in [0.3, 0.4) is 0 Å². The van der Waals surface area contributed by atoms with Crippen LogP contribution in [0, 0.1) is 29.6 Å². The Kier molecular flexibility index (Phi) is 5.47. The van der Waals surface area contributed by atoms with Crippen LogP contribution in [0.4, 0.5) is 0 Å². The van der Waals surface area contributed by atoms with Crippen LogP contribution in [0.5, 0.6) is 0 Å². The zero-order chi connectivity index (χ0) is 12.3. The summed E-state index contributed by atoms with van der Waals surface area (Å²) >= 11 is 0. The van der Waals surface area contributed by atoms with Crippen molar-refractivity contribution in [1.29, 1.82) is 0 Å². The van der Waals surface area contributed by atoms with E-state index in [2.05, 4.69) is 43.4 Å². The molecular formula is C14H30B2. The lowest BCUT2D eigenvalue weighted by Gasteiger charge is -2.43. The third kappa shape index (κ3) is 3.57. The molecule has 0 bridgehead atoms. The van der Waals surface area contributed by atoms with Crippen LogP contribution in [-0.2, 0) is 0 Å². The minimum absolute atomic E-state index is 0.872. The summed E-state index contributed by atoms with van der Waals surface area (Å²) < 4.78 is 0. The van der Waals surface area contributed by atoms with Crippen molar-refractivity contribution in [2.75, 3.05) is 0 Å². The highest BCUT2D eigenvalue weighted by molar-refractivity contribution is 6.35. The highest BCUT2D eigenvalue weighted by Crippen LogP contribution is 2.45. The average Bonchev–Trinajstić information content (AvgIpc) is 2.15. The predicted octanol–water partition coefficient (Wildman–Crippen LogP) is 2.73. The van der Waals surface area contributed by atoms with E-state index >= 15 is 0 Å². The molecule has 0 spiro atoms. The first-order chi connectivity index (χ1) is 7.43. The van der Waals surface area contributed by atoms with Crippen molar-refractivity contribution in [2.45, 2.75) is 59.1 Å². The van der Waals surface area contributed by atoms with Crippen molar-refractivity contribution in [1.82, 2.24) is 0 Å². The van der Waals surface area contributed by atoms with E-state index in [0.717, 1.165) is 35.3 Å². The standard InChI is InChI=1S/C14H30B2/c1-9(2)12-7-5-6-11(8-13(15)16)14(12)10(3)4/h9-14H,5-8,15-16H2,1-4H3. The van der Waals surface area contributed by atoms with Gasteiger partial charge in [-0.15, -0.1) is 0 Å². The Balaban J connectivity index is 2.74. The van der Waals surface area contributed by atoms with Gasteiger partial charge in [0.2, 0.25) is 0 Å². The van der Waals surface area contributed by atoms with Crippen molar-refractivity contribution in [2.24, 2.45) is 29.6 Å². The summed E-state index contributed by atoms with van der Waals surface area (Å²) in [6.07, 6.45) is 5.90. The largest absolute Gasteiger partial charge is 0.0957 e. The highest BCUT2D eigenvalue weighted by Gasteiger charge is 2.36. The smallest absolute Gasteiger partial charge is 0.0957 e. The van der Waals surface area contributed by atoms with Crippen molar-refractivity contribution in [3.05, 3.63) is 0 Å². The minimum atomic E-state index is 0.872. The summed E-state index contributed by atoms with van der Waals surface area (Å²) in [5.41, 5.74) is 0.872. The summed E-state index contributed by atoms with van der Waals surface area (Å²) in [7, 11) is 4.77. The van der Waals surface area contributed by atoms with Gasteiger partial charge in [0.25, 0.3) is 0 Å². The third-order valence-electron chi connectivity index (χ3n) is 4.55. The number of rotatable bonds is 4. The molecule has 1 aliphatic rings. The molecule has 3 unspecified atom stereocenters. The topological polar surface area (TPSA) is 0 Å². The minimum Gasteiger partial charge on any atom is -0.0957 e. The second kappa shape index (κ2) is 6.17. The van der Waals surface area contributed by atoms with Crippen LogP contribution in [0.1, 0.15) is 53.4 Å². The first-order valence-corrected chi connectivity index (χ1v) is 7.43. The lowest BCUT2D eigenvalue weighted by Crippen LogP contribution is -2.35. The van der Waals surface area contributed by atoms with E-state index < -0.39 is 0 Å². The predicted molar refractivity (Wildman–Crippen MR) is 79.5 cm³/mol. The van der Waals surface area contributed by atoms with E-state index in [1.165, 1.54) is 25.7 Å². The molecule has 0 radical (unpaired) electrons. The lowest BCUT2D eigenvalue weighted by molar-refractivity contribution is 0.0701. The quantitative estimate of drug-likeness (QED) is 0.639. The van der Waals surface area contributed by atoms with Crippen LogP contribution in [-0.4, -0.2) is 15.7 Å². The molecule has 0 N–H and O–H groups in total. The first kappa shape index (κ1) is 14.2. The van der Waals surface area contributed by atoms with E-state index in [1.54, 1.807) is 0 Å². The maximum atomic E-state index is 2.44. The summed E-state index contributed by atoms with van der Waals surface area (Å²) in [5, 5.41) is 0. The molecule has 1 saturated carbocycles. The molecule has 0 aromatic heterocycles. The zero-order valence-electron chi connectivity index (χ0n) is 12.3. The molecule has 1 aliphatic carbocycles. The molecule has 16 heavy (non-hydrogen) atoms. The molecule has 0 aliphatic heterocycles. The van der Waals surface area contributed by atoms with Crippen LogP contribution < -0.4 is 0 Å². The fourth-order valence-electron chi connectivity index (χ4n) is 4.05. The van der Waals surface area contributed by atoms with Crippen LogP contribution >= 0.6 is 0 Å². The maximum absolute atomic E-state index is 2.44. The zero-order valence-corrected chi connectivity index (χ0v) is 12.3. The Morgan fingerprint density at radius 2 is 1.62 bits per heavy atom. The van der Waals surface area contributed by atoms with E-state index in [1.807, 2.05) is 0 Å². The number of hydrogen-bond donors (Lipinski definition) is 0. The summed E-state index contributed by atoms with van der Waals surface area (Å²) in [6, 6.07) is 0. The van der Waals surface area contributed by atoms with Gasteiger partial charge in [-0.2, -0.15) is 0 Å². The average molecular weight is 220 g/mol. The van der Waals surface area contributed by atoms with Crippen LogP contribution in [0.2, 0.25) is 5.72 Å². The first-order valence-electron chi connectivity index (χ1n) is 7.43. The maximum Gasteiger partial charge on any atom is 0.0957 e. The molecule has 0 aromatic rings. The molecule has 1 rings (SSSR count). The van der Waals surface area contributed by atoms with Crippen LogP contribution in [0.15, 0.2) is 0 Å².